The molecule has 0 aliphatic rings. The van der Waals surface area contributed by atoms with E-state index in [0.29, 0.717) is 6.61 Å². The number of ether oxygens (including phenoxy) is 1. The molecule has 0 atom stereocenters. The predicted molar refractivity (Wildman–Crippen MR) is 56.8 cm³/mol. The zero-order valence-corrected chi connectivity index (χ0v) is 9.08. The average Bonchev–Trinajstić information content (AvgIpc) is 2.27. The first kappa shape index (κ1) is 13.1. The average molecular weight is 241 g/mol. The van der Waals surface area contributed by atoms with Crippen LogP contribution >= 0.6 is 0 Å². The first-order valence-electron chi connectivity index (χ1n) is 4.89. The highest BCUT2D eigenvalue weighted by molar-refractivity contribution is 5.59. The molecule has 90 valence electrons. The number of nitrogens with zero attached hydrogens (tertiary/aromatic N) is 1. The molecule has 0 spiro atoms. The lowest BCUT2D eigenvalue weighted by molar-refractivity contribution is -0.137. The summed E-state index contributed by atoms with van der Waals surface area (Å²) in [5.74, 6) is 0. The summed E-state index contributed by atoms with van der Waals surface area (Å²) in [6.07, 6.45) is -2.17. The van der Waals surface area contributed by atoms with Crippen molar-refractivity contribution in [2.24, 2.45) is 0 Å². The standard InChI is InChI=1S/C12H10F3NO/c1-2-17-7-6-9-4-3-5-10(8-16)11(9)12(13,14)15/h3-7H,2H2,1H3. The Kier molecular flexibility index (Phi) is 4.16. The van der Waals surface area contributed by atoms with Gasteiger partial charge in [0, 0.05) is 0 Å². The number of hydrogen-bond donors (Lipinski definition) is 0. The maximum Gasteiger partial charge on any atom is 0.418 e. The van der Waals surface area contributed by atoms with Crippen LogP contribution in [0.1, 0.15) is 23.6 Å². The number of nitriles is 1. The Morgan fingerprint density at radius 2 is 2.12 bits per heavy atom. The lowest BCUT2D eigenvalue weighted by Gasteiger charge is -2.11. The van der Waals surface area contributed by atoms with Crippen molar-refractivity contribution in [1.29, 1.82) is 5.26 Å². The highest BCUT2D eigenvalue weighted by Gasteiger charge is 2.35. The van der Waals surface area contributed by atoms with Crippen molar-refractivity contribution in [3.8, 4) is 6.07 Å². The van der Waals surface area contributed by atoms with Crippen LogP contribution in [0, 0.1) is 11.3 Å². The molecule has 0 saturated carbocycles. The fourth-order valence-corrected chi connectivity index (χ4v) is 1.34. The van der Waals surface area contributed by atoms with E-state index in [0.717, 1.165) is 6.07 Å². The van der Waals surface area contributed by atoms with Crippen molar-refractivity contribution in [1.82, 2.24) is 0 Å². The molecule has 0 bridgehead atoms. The van der Waals surface area contributed by atoms with Gasteiger partial charge in [-0.3, -0.25) is 0 Å². The highest BCUT2D eigenvalue weighted by atomic mass is 19.4. The summed E-state index contributed by atoms with van der Waals surface area (Å²) < 4.78 is 43.2. The van der Waals surface area contributed by atoms with Crippen LogP contribution in [-0.2, 0) is 10.9 Å². The van der Waals surface area contributed by atoms with E-state index in [1.807, 2.05) is 0 Å². The molecule has 0 fully saturated rings. The second-order valence-electron chi connectivity index (χ2n) is 3.14. The van der Waals surface area contributed by atoms with Gasteiger partial charge in [-0.15, -0.1) is 0 Å². The molecule has 0 aliphatic heterocycles. The quantitative estimate of drug-likeness (QED) is 0.757. The van der Waals surface area contributed by atoms with Crippen molar-refractivity contribution in [2.45, 2.75) is 13.1 Å². The van der Waals surface area contributed by atoms with Gasteiger partial charge in [-0.05, 0) is 24.6 Å². The molecule has 0 heterocycles. The lowest BCUT2D eigenvalue weighted by Crippen LogP contribution is -2.10. The fourth-order valence-electron chi connectivity index (χ4n) is 1.34. The number of hydrogen-bond acceptors (Lipinski definition) is 2. The summed E-state index contributed by atoms with van der Waals surface area (Å²) in [6.45, 7) is 2.09. The summed E-state index contributed by atoms with van der Waals surface area (Å²) in [4.78, 5) is 0. The van der Waals surface area contributed by atoms with Crippen LogP contribution in [0.5, 0.6) is 0 Å². The third-order valence-electron chi connectivity index (χ3n) is 2.01. The smallest absolute Gasteiger partial charge is 0.418 e. The zero-order valence-electron chi connectivity index (χ0n) is 9.08. The summed E-state index contributed by atoms with van der Waals surface area (Å²) >= 11 is 0. The fraction of sp³-hybridized carbons (Fsp3) is 0.250. The second kappa shape index (κ2) is 5.39. The summed E-state index contributed by atoms with van der Waals surface area (Å²) in [5, 5.41) is 8.67. The molecule has 1 aromatic carbocycles. The minimum atomic E-state index is -4.56. The molecule has 0 N–H and O–H groups in total. The Labute approximate surface area is 96.9 Å². The van der Waals surface area contributed by atoms with E-state index in [1.54, 1.807) is 6.92 Å². The SMILES string of the molecule is CCOC=Cc1cccc(C#N)c1C(F)(F)F. The molecule has 1 aromatic rings. The number of halogens is 3. The second-order valence-corrected chi connectivity index (χ2v) is 3.14. The van der Waals surface area contributed by atoms with Gasteiger partial charge < -0.3 is 4.74 Å². The molecule has 2 nitrogen and oxygen atoms in total. The van der Waals surface area contributed by atoms with E-state index < -0.39 is 17.3 Å². The maximum absolute atomic E-state index is 12.8. The highest BCUT2D eigenvalue weighted by Crippen LogP contribution is 2.35. The molecule has 0 amide bonds. The number of benzene rings is 1. The predicted octanol–water partition coefficient (Wildman–Crippen LogP) is 3.58. The summed E-state index contributed by atoms with van der Waals surface area (Å²) in [5.41, 5.74) is -1.40. The topological polar surface area (TPSA) is 33.0 Å². The lowest BCUT2D eigenvalue weighted by atomic mass is 10.0. The molecule has 17 heavy (non-hydrogen) atoms. The molecule has 0 unspecified atom stereocenters. The van der Waals surface area contributed by atoms with Gasteiger partial charge in [-0.2, -0.15) is 18.4 Å². The third kappa shape index (κ3) is 3.25. The molecular formula is C12H10F3NO. The zero-order chi connectivity index (χ0) is 12.9. The maximum atomic E-state index is 12.8. The Bertz CT molecular complexity index is 458. The van der Waals surface area contributed by atoms with Crippen LogP contribution in [0.4, 0.5) is 13.2 Å². The van der Waals surface area contributed by atoms with Crippen LogP contribution in [0.15, 0.2) is 24.5 Å². The van der Waals surface area contributed by atoms with Gasteiger partial charge in [0.15, 0.2) is 0 Å². The van der Waals surface area contributed by atoms with E-state index in [9.17, 15) is 13.2 Å². The van der Waals surface area contributed by atoms with Crippen LogP contribution in [0.3, 0.4) is 0 Å². The molecule has 0 aromatic heterocycles. The molecule has 0 aliphatic carbocycles. The summed E-state index contributed by atoms with van der Waals surface area (Å²) in [6, 6.07) is 5.37. The number of alkyl halides is 3. The van der Waals surface area contributed by atoms with Crippen LogP contribution in [0.2, 0.25) is 0 Å². The van der Waals surface area contributed by atoms with Crippen molar-refractivity contribution < 1.29 is 17.9 Å². The minimum absolute atomic E-state index is 0.0787. The van der Waals surface area contributed by atoms with Crippen molar-refractivity contribution >= 4 is 6.08 Å². The Hall–Kier alpha value is -1.96. The Morgan fingerprint density at radius 1 is 1.41 bits per heavy atom. The van der Waals surface area contributed by atoms with E-state index in [1.165, 1.54) is 30.5 Å². The van der Waals surface area contributed by atoms with E-state index in [-0.39, 0.29) is 5.56 Å². The van der Waals surface area contributed by atoms with Gasteiger partial charge in [0.25, 0.3) is 0 Å². The monoisotopic (exact) mass is 241 g/mol. The van der Waals surface area contributed by atoms with Crippen LogP contribution in [0.25, 0.3) is 6.08 Å². The first-order valence-corrected chi connectivity index (χ1v) is 4.89. The van der Waals surface area contributed by atoms with E-state index in [2.05, 4.69) is 0 Å². The van der Waals surface area contributed by atoms with Crippen LogP contribution < -0.4 is 0 Å². The van der Waals surface area contributed by atoms with Crippen LogP contribution in [-0.4, -0.2) is 6.61 Å². The minimum Gasteiger partial charge on any atom is -0.501 e. The van der Waals surface area contributed by atoms with Crippen molar-refractivity contribution in [3.63, 3.8) is 0 Å². The molecule has 5 heteroatoms. The molecule has 1 rings (SSSR count). The molecule has 0 saturated heterocycles. The Balaban J connectivity index is 3.26. The van der Waals surface area contributed by atoms with Gasteiger partial charge in [0.05, 0.1) is 30.1 Å². The van der Waals surface area contributed by atoms with E-state index >= 15 is 0 Å². The first-order chi connectivity index (χ1) is 8.00. The van der Waals surface area contributed by atoms with Crippen molar-refractivity contribution in [3.05, 3.63) is 41.2 Å². The summed E-state index contributed by atoms with van der Waals surface area (Å²) in [7, 11) is 0. The van der Waals surface area contributed by atoms with Crippen molar-refractivity contribution in [2.75, 3.05) is 6.61 Å². The van der Waals surface area contributed by atoms with Gasteiger partial charge >= 0.3 is 6.18 Å². The van der Waals surface area contributed by atoms with Gasteiger partial charge in [-0.1, -0.05) is 12.1 Å². The molecular weight excluding hydrogens is 231 g/mol. The van der Waals surface area contributed by atoms with Gasteiger partial charge in [0.2, 0.25) is 0 Å². The molecule has 0 radical (unpaired) electrons. The number of rotatable bonds is 3. The van der Waals surface area contributed by atoms with E-state index in [4.69, 9.17) is 10.00 Å². The largest absolute Gasteiger partial charge is 0.501 e. The van der Waals surface area contributed by atoms with Gasteiger partial charge in [-0.25, -0.2) is 0 Å². The Morgan fingerprint density at radius 3 is 2.65 bits per heavy atom. The normalized spacial score (nSPS) is 11.5. The van der Waals surface area contributed by atoms with Gasteiger partial charge in [0.1, 0.15) is 0 Å². The third-order valence-corrected chi connectivity index (χ3v) is 2.01.